The molecule has 1 aliphatic heterocycles. The molecule has 0 unspecified atom stereocenters. The van der Waals surface area contributed by atoms with E-state index in [1.807, 2.05) is 84.9 Å². The van der Waals surface area contributed by atoms with Gasteiger partial charge in [0.05, 0.1) is 13.2 Å². The van der Waals surface area contributed by atoms with E-state index in [9.17, 15) is 4.79 Å². The van der Waals surface area contributed by atoms with Crippen LogP contribution in [0, 0.1) is 0 Å². The van der Waals surface area contributed by atoms with Crippen molar-refractivity contribution >= 4 is 11.8 Å². The molecular weight excluding hydrogens is 568 g/mol. The second-order valence-corrected chi connectivity index (χ2v) is 10.7. The van der Waals surface area contributed by atoms with Crippen molar-refractivity contribution in [2.24, 2.45) is 10.1 Å². The largest absolute Gasteiger partial charge is 0.494 e. The number of rotatable bonds is 15. The summed E-state index contributed by atoms with van der Waals surface area (Å²) < 4.78 is 11.7. The zero-order valence-electron chi connectivity index (χ0n) is 24.9. The molecule has 230 valence electrons. The molecule has 10 nitrogen and oxygen atoms in total. The maximum atomic E-state index is 14.0. The van der Waals surface area contributed by atoms with Crippen molar-refractivity contribution in [3.63, 3.8) is 0 Å². The summed E-state index contributed by atoms with van der Waals surface area (Å²) in [5, 5.41) is 12.8. The number of hydrogen-bond acceptors (Lipinski definition) is 7. The number of amides is 1. The average Bonchev–Trinajstić information content (AvgIpc) is 3.52. The van der Waals surface area contributed by atoms with Gasteiger partial charge in [-0.25, -0.2) is 10.4 Å². The fraction of sp³-hybridized carbons (Fsp3) is 0.257. The summed E-state index contributed by atoms with van der Waals surface area (Å²) in [6.45, 7) is 1.12. The molecule has 1 amide bonds. The Bertz CT molecular complexity index is 1590. The van der Waals surface area contributed by atoms with E-state index in [1.54, 1.807) is 0 Å². The van der Waals surface area contributed by atoms with Crippen LogP contribution in [0.25, 0.3) is 10.4 Å². The number of nitrogens with one attached hydrogen (secondary N) is 2. The van der Waals surface area contributed by atoms with Crippen LogP contribution in [-0.2, 0) is 22.5 Å². The second-order valence-electron chi connectivity index (χ2n) is 10.7. The highest BCUT2D eigenvalue weighted by Crippen LogP contribution is 2.29. The lowest BCUT2D eigenvalue weighted by Gasteiger charge is -2.25. The van der Waals surface area contributed by atoms with Gasteiger partial charge < -0.3 is 14.6 Å². The normalized spacial score (nSPS) is 15.6. The molecular formula is C35H36N6O4. The lowest BCUT2D eigenvalue weighted by molar-refractivity contribution is -0.127. The molecule has 5 rings (SSSR count). The van der Waals surface area contributed by atoms with Gasteiger partial charge in [0, 0.05) is 42.4 Å². The van der Waals surface area contributed by atoms with Gasteiger partial charge in [-0.2, -0.15) is 0 Å². The number of nitrogens with zero attached hydrogens (tertiary/aromatic N) is 4. The third-order valence-electron chi connectivity index (χ3n) is 7.68. The molecule has 4 aromatic rings. The highest BCUT2D eigenvalue weighted by atomic mass is 16.5. The third kappa shape index (κ3) is 8.07. The topological polar surface area (TPSA) is 141 Å². The number of hydrazine groups is 1. The maximum absolute atomic E-state index is 14.0. The molecule has 0 aliphatic carbocycles. The van der Waals surface area contributed by atoms with E-state index in [0.717, 1.165) is 22.3 Å². The van der Waals surface area contributed by atoms with Crippen molar-refractivity contribution in [2.45, 2.75) is 30.8 Å². The molecule has 0 saturated carbocycles. The minimum Gasteiger partial charge on any atom is -0.494 e. The molecule has 0 bridgehead atoms. The van der Waals surface area contributed by atoms with Crippen LogP contribution < -0.4 is 15.6 Å². The van der Waals surface area contributed by atoms with Crippen LogP contribution in [-0.4, -0.2) is 48.8 Å². The Kier molecular flexibility index (Phi) is 10.8. The summed E-state index contributed by atoms with van der Waals surface area (Å²) >= 11 is 0. The van der Waals surface area contributed by atoms with E-state index in [0.29, 0.717) is 36.8 Å². The fourth-order valence-electron chi connectivity index (χ4n) is 5.29. The first-order chi connectivity index (χ1) is 22.1. The lowest BCUT2D eigenvalue weighted by Crippen LogP contribution is -2.53. The van der Waals surface area contributed by atoms with E-state index >= 15 is 0 Å². The van der Waals surface area contributed by atoms with E-state index < -0.39 is 5.54 Å². The molecule has 1 atom stereocenters. The molecule has 1 aliphatic rings. The summed E-state index contributed by atoms with van der Waals surface area (Å²) in [4.78, 5) is 21.8. The van der Waals surface area contributed by atoms with Crippen molar-refractivity contribution < 1.29 is 19.4 Å². The van der Waals surface area contributed by atoms with Crippen LogP contribution in [0.4, 0.5) is 0 Å². The van der Waals surface area contributed by atoms with Gasteiger partial charge in [-0.3, -0.25) is 10.2 Å². The number of aliphatic hydroxyl groups is 1. The molecule has 45 heavy (non-hydrogen) atoms. The van der Waals surface area contributed by atoms with Crippen molar-refractivity contribution in [3.05, 3.63) is 147 Å². The highest BCUT2D eigenvalue weighted by Gasteiger charge is 2.45. The Labute approximate surface area is 262 Å². The van der Waals surface area contributed by atoms with Gasteiger partial charge in [-0.05, 0) is 52.1 Å². The zero-order valence-corrected chi connectivity index (χ0v) is 24.9. The maximum Gasteiger partial charge on any atom is 0.266 e. The first-order valence-corrected chi connectivity index (χ1v) is 14.9. The smallest absolute Gasteiger partial charge is 0.266 e. The quantitative estimate of drug-likeness (QED) is 0.0543. The summed E-state index contributed by atoms with van der Waals surface area (Å²) in [5.74, 6) is 0.688. The van der Waals surface area contributed by atoms with Gasteiger partial charge in [-0.1, -0.05) is 90.0 Å². The van der Waals surface area contributed by atoms with Gasteiger partial charge >= 0.3 is 0 Å². The Morgan fingerprint density at radius 1 is 0.956 bits per heavy atom. The highest BCUT2D eigenvalue weighted by molar-refractivity contribution is 6.00. The van der Waals surface area contributed by atoms with Crippen LogP contribution in [0.3, 0.4) is 0 Å². The standard InChI is InChI=1S/C35H36N6O4/c36-41-38-23-30-15-8-7-14-29(30)22-35(25-45-33(39-35)28-16-18-31(19-17-28)44-21-9-20-42)34(43)40-37-24-32(26-10-3-1-4-11-26)27-12-5-2-6-13-27/h1-8,10-19,32,37,42H,9,20-25H2,(H,40,43)/t35-/m0/s1. The number of aliphatic hydroxyl groups excluding tert-OH is 1. The van der Waals surface area contributed by atoms with Gasteiger partial charge in [0.1, 0.15) is 12.4 Å². The summed E-state index contributed by atoms with van der Waals surface area (Å²) in [7, 11) is 0. The van der Waals surface area contributed by atoms with E-state index in [4.69, 9.17) is 25.1 Å². The predicted octanol–water partition coefficient (Wildman–Crippen LogP) is 5.47. The molecule has 0 radical (unpaired) electrons. The van der Waals surface area contributed by atoms with Crippen molar-refractivity contribution in [2.75, 3.05) is 26.4 Å². The first kappa shape index (κ1) is 31.3. The number of hydrogen-bond donors (Lipinski definition) is 3. The lowest BCUT2D eigenvalue weighted by atomic mass is 9.89. The van der Waals surface area contributed by atoms with Gasteiger partial charge in [0.25, 0.3) is 5.91 Å². The van der Waals surface area contributed by atoms with Crippen LogP contribution >= 0.6 is 0 Å². The molecule has 0 aromatic heterocycles. The average molecular weight is 605 g/mol. The zero-order chi connectivity index (χ0) is 31.3. The molecule has 0 spiro atoms. The molecule has 10 heteroatoms. The van der Waals surface area contributed by atoms with Crippen LogP contribution in [0.15, 0.2) is 119 Å². The number of aliphatic imine (C=N–C) groups is 1. The van der Waals surface area contributed by atoms with E-state index in [1.165, 1.54) is 0 Å². The van der Waals surface area contributed by atoms with Gasteiger partial charge in [0.2, 0.25) is 5.90 Å². The van der Waals surface area contributed by atoms with E-state index in [-0.39, 0.29) is 38.0 Å². The van der Waals surface area contributed by atoms with E-state index in [2.05, 4.69) is 45.1 Å². The van der Waals surface area contributed by atoms with Crippen LogP contribution in [0.1, 0.15) is 40.2 Å². The monoisotopic (exact) mass is 604 g/mol. The fourth-order valence-corrected chi connectivity index (χ4v) is 5.29. The molecule has 3 N–H and O–H groups in total. The SMILES string of the molecule is [N-]=[N+]=NCc1ccccc1C[C@@]1(C(=O)NNCC(c2ccccc2)c2ccccc2)COC(c2ccc(OCCCO)cc2)=N1. The van der Waals surface area contributed by atoms with Crippen LogP contribution in [0.5, 0.6) is 5.75 Å². The van der Waals surface area contributed by atoms with Crippen molar-refractivity contribution in [3.8, 4) is 5.75 Å². The molecule has 1 heterocycles. The second kappa shape index (κ2) is 15.5. The number of benzene rings is 4. The minimum atomic E-state index is -1.28. The summed E-state index contributed by atoms with van der Waals surface area (Å²) in [5.41, 5.74) is 18.4. The summed E-state index contributed by atoms with van der Waals surface area (Å²) in [6, 6.07) is 35.1. The van der Waals surface area contributed by atoms with Crippen molar-refractivity contribution in [1.29, 1.82) is 0 Å². The van der Waals surface area contributed by atoms with Crippen molar-refractivity contribution in [1.82, 2.24) is 10.9 Å². The predicted molar refractivity (Wildman–Crippen MR) is 173 cm³/mol. The van der Waals surface area contributed by atoms with Gasteiger partial charge in [-0.15, -0.1) is 0 Å². The Morgan fingerprint density at radius 2 is 1.60 bits per heavy atom. The number of carbonyl (C=O) groups excluding carboxylic acids is 1. The third-order valence-corrected chi connectivity index (χ3v) is 7.68. The number of azide groups is 1. The Hall–Kier alpha value is -5.15. The van der Waals surface area contributed by atoms with Crippen LogP contribution in [0.2, 0.25) is 0 Å². The molecule has 0 fully saturated rings. The number of carbonyl (C=O) groups is 1. The molecule has 0 saturated heterocycles. The minimum absolute atomic E-state index is 0.00483. The Balaban J connectivity index is 1.38. The first-order valence-electron chi connectivity index (χ1n) is 14.9. The molecule has 4 aromatic carbocycles. The Morgan fingerprint density at radius 3 is 2.24 bits per heavy atom. The summed E-state index contributed by atoms with van der Waals surface area (Å²) in [6.07, 6.45) is 0.784. The van der Waals surface area contributed by atoms with Gasteiger partial charge in [0.15, 0.2) is 5.54 Å². The number of ether oxygens (including phenoxy) is 2.